The number of Topliss-reactive ketones (excluding diaryl/α,β-unsaturated/α-hetero) is 2. The molecule has 0 aliphatic rings. The Morgan fingerprint density at radius 3 is 1.86 bits per heavy atom. The molecule has 2 aromatic rings. The van der Waals surface area contributed by atoms with Crippen LogP contribution in [0.25, 0.3) is 0 Å². The molecule has 0 saturated carbocycles. The van der Waals surface area contributed by atoms with E-state index in [1.54, 1.807) is 0 Å². The summed E-state index contributed by atoms with van der Waals surface area (Å²) < 4.78 is 0. The van der Waals surface area contributed by atoms with Crippen LogP contribution in [-0.4, -0.2) is 11.6 Å². The van der Waals surface area contributed by atoms with E-state index in [2.05, 4.69) is 26.0 Å². The fraction of sp³-hybridized carbons (Fsp3) is 0.300. The average Bonchev–Trinajstić information content (AvgIpc) is 2.47. The molecule has 2 rings (SSSR count). The van der Waals surface area contributed by atoms with E-state index in [9.17, 15) is 9.59 Å². The van der Waals surface area contributed by atoms with Gasteiger partial charge in [-0.25, -0.2) is 0 Å². The van der Waals surface area contributed by atoms with Crippen molar-refractivity contribution in [3.63, 3.8) is 0 Å². The SMILES string of the molecule is CC(=O)C(C(C)=O)C(c1ccccc1)c1ccc(C)c(C)c1. The fourth-order valence-corrected chi connectivity index (χ4v) is 2.95. The number of carbonyl (C=O) groups is 2. The zero-order valence-corrected chi connectivity index (χ0v) is 13.6. The first-order valence-corrected chi connectivity index (χ1v) is 7.54. The van der Waals surface area contributed by atoms with Gasteiger partial charge >= 0.3 is 0 Å². The standard InChI is InChI=1S/C20H22O2/c1-13-10-11-18(12-14(13)2)20(17-8-6-5-7-9-17)19(15(3)21)16(4)22/h5-12,19-20H,1-4H3. The third-order valence-electron chi connectivity index (χ3n) is 4.26. The lowest BCUT2D eigenvalue weighted by atomic mass is 9.76. The predicted octanol–water partition coefficient (Wildman–Crippen LogP) is 4.23. The van der Waals surface area contributed by atoms with E-state index in [0.29, 0.717) is 0 Å². The van der Waals surface area contributed by atoms with E-state index in [0.717, 1.165) is 11.1 Å². The molecule has 1 atom stereocenters. The van der Waals surface area contributed by atoms with Gasteiger partial charge in [-0.1, -0.05) is 48.5 Å². The van der Waals surface area contributed by atoms with Crippen molar-refractivity contribution in [2.24, 2.45) is 5.92 Å². The Kier molecular flexibility index (Phi) is 4.92. The maximum Gasteiger partial charge on any atom is 0.141 e. The minimum atomic E-state index is -0.635. The Balaban J connectivity index is 2.61. The van der Waals surface area contributed by atoms with Gasteiger partial charge in [0.25, 0.3) is 0 Å². The summed E-state index contributed by atoms with van der Waals surface area (Å²) in [5, 5.41) is 0. The first-order valence-electron chi connectivity index (χ1n) is 7.54. The van der Waals surface area contributed by atoms with Crippen LogP contribution < -0.4 is 0 Å². The molecular formula is C20H22O2. The zero-order chi connectivity index (χ0) is 16.3. The van der Waals surface area contributed by atoms with Crippen LogP contribution in [0.4, 0.5) is 0 Å². The maximum absolute atomic E-state index is 12.1. The third-order valence-corrected chi connectivity index (χ3v) is 4.26. The molecule has 0 bridgehead atoms. The number of hydrogen-bond acceptors (Lipinski definition) is 2. The molecule has 0 amide bonds. The molecule has 0 spiro atoms. The topological polar surface area (TPSA) is 34.1 Å². The first-order chi connectivity index (χ1) is 10.4. The van der Waals surface area contributed by atoms with Gasteiger partial charge in [-0.15, -0.1) is 0 Å². The Hall–Kier alpha value is -2.22. The Labute approximate surface area is 132 Å². The molecule has 1 unspecified atom stereocenters. The van der Waals surface area contributed by atoms with Crippen molar-refractivity contribution in [2.75, 3.05) is 0 Å². The molecule has 0 radical (unpaired) electrons. The molecule has 0 heterocycles. The highest BCUT2D eigenvalue weighted by Crippen LogP contribution is 2.34. The van der Waals surface area contributed by atoms with Crippen molar-refractivity contribution in [2.45, 2.75) is 33.6 Å². The molecule has 0 aliphatic heterocycles. The van der Waals surface area contributed by atoms with Gasteiger partial charge in [0.05, 0.1) is 5.92 Å². The summed E-state index contributed by atoms with van der Waals surface area (Å²) in [6, 6.07) is 16.0. The molecule has 2 heteroatoms. The highest BCUT2D eigenvalue weighted by Gasteiger charge is 2.32. The van der Waals surface area contributed by atoms with Gasteiger partial charge in [0.2, 0.25) is 0 Å². The second-order valence-corrected chi connectivity index (χ2v) is 5.93. The van der Waals surface area contributed by atoms with Crippen LogP contribution in [0.2, 0.25) is 0 Å². The summed E-state index contributed by atoms with van der Waals surface area (Å²) >= 11 is 0. The van der Waals surface area contributed by atoms with Crippen LogP contribution in [0.5, 0.6) is 0 Å². The van der Waals surface area contributed by atoms with Crippen LogP contribution >= 0.6 is 0 Å². The Morgan fingerprint density at radius 2 is 1.36 bits per heavy atom. The largest absolute Gasteiger partial charge is 0.299 e. The van der Waals surface area contributed by atoms with E-state index < -0.39 is 5.92 Å². The van der Waals surface area contributed by atoms with Crippen LogP contribution in [0.3, 0.4) is 0 Å². The van der Waals surface area contributed by atoms with Crippen molar-refractivity contribution >= 4 is 11.6 Å². The number of rotatable bonds is 5. The van der Waals surface area contributed by atoms with Crippen LogP contribution in [0.1, 0.15) is 42.0 Å². The van der Waals surface area contributed by atoms with Gasteiger partial charge in [0, 0.05) is 5.92 Å². The van der Waals surface area contributed by atoms with Crippen LogP contribution in [0, 0.1) is 19.8 Å². The molecule has 114 valence electrons. The van der Waals surface area contributed by atoms with Crippen molar-refractivity contribution < 1.29 is 9.59 Å². The summed E-state index contributed by atoms with van der Waals surface area (Å²) in [6.45, 7) is 7.12. The van der Waals surface area contributed by atoms with E-state index in [-0.39, 0.29) is 17.5 Å². The van der Waals surface area contributed by atoms with Crippen molar-refractivity contribution in [1.82, 2.24) is 0 Å². The molecule has 2 nitrogen and oxygen atoms in total. The zero-order valence-electron chi connectivity index (χ0n) is 13.6. The smallest absolute Gasteiger partial charge is 0.141 e. The number of benzene rings is 2. The summed E-state index contributed by atoms with van der Waals surface area (Å²) in [5.41, 5.74) is 4.40. The lowest BCUT2D eigenvalue weighted by molar-refractivity contribution is -0.130. The summed E-state index contributed by atoms with van der Waals surface area (Å²) in [5.74, 6) is -1.03. The van der Waals surface area contributed by atoms with Crippen molar-refractivity contribution in [1.29, 1.82) is 0 Å². The van der Waals surface area contributed by atoms with Crippen LogP contribution in [-0.2, 0) is 9.59 Å². The predicted molar refractivity (Wildman–Crippen MR) is 89.1 cm³/mol. The van der Waals surface area contributed by atoms with E-state index in [1.807, 2.05) is 36.4 Å². The second-order valence-electron chi connectivity index (χ2n) is 5.93. The lowest BCUT2D eigenvalue weighted by Crippen LogP contribution is -2.28. The van der Waals surface area contributed by atoms with E-state index >= 15 is 0 Å². The number of aryl methyl sites for hydroxylation is 2. The number of hydrogen-bond donors (Lipinski definition) is 0. The highest BCUT2D eigenvalue weighted by atomic mass is 16.1. The minimum Gasteiger partial charge on any atom is -0.299 e. The second kappa shape index (κ2) is 6.69. The maximum atomic E-state index is 12.1. The molecule has 0 aromatic heterocycles. The molecule has 2 aromatic carbocycles. The quantitative estimate of drug-likeness (QED) is 0.773. The number of ketones is 2. The molecule has 0 aliphatic carbocycles. The van der Waals surface area contributed by atoms with Gasteiger partial charge in [0.1, 0.15) is 11.6 Å². The van der Waals surface area contributed by atoms with Gasteiger partial charge in [-0.3, -0.25) is 9.59 Å². The fourth-order valence-electron chi connectivity index (χ4n) is 2.95. The number of carbonyl (C=O) groups excluding carboxylic acids is 2. The average molecular weight is 294 g/mol. The molecule has 0 N–H and O–H groups in total. The van der Waals surface area contributed by atoms with Gasteiger partial charge in [0.15, 0.2) is 0 Å². The van der Waals surface area contributed by atoms with Crippen LogP contribution in [0.15, 0.2) is 48.5 Å². The minimum absolute atomic E-state index is 0.0837. The van der Waals surface area contributed by atoms with Gasteiger partial charge < -0.3 is 0 Å². The highest BCUT2D eigenvalue weighted by molar-refractivity contribution is 6.01. The van der Waals surface area contributed by atoms with E-state index in [1.165, 1.54) is 25.0 Å². The van der Waals surface area contributed by atoms with Crippen molar-refractivity contribution in [3.05, 3.63) is 70.8 Å². The monoisotopic (exact) mass is 294 g/mol. The third kappa shape index (κ3) is 3.33. The van der Waals surface area contributed by atoms with Gasteiger partial charge in [-0.2, -0.15) is 0 Å². The normalized spacial score (nSPS) is 12.2. The first kappa shape index (κ1) is 16.2. The van der Waals surface area contributed by atoms with Crippen molar-refractivity contribution in [3.8, 4) is 0 Å². The molecule has 0 fully saturated rings. The summed E-state index contributed by atoms with van der Waals surface area (Å²) in [4.78, 5) is 24.2. The van der Waals surface area contributed by atoms with E-state index in [4.69, 9.17) is 0 Å². The summed E-state index contributed by atoms with van der Waals surface area (Å²) in [6.07, 6.45) is 0. The molecular weight excluding hydrogens is 272 g/mol. The van der Waals surface area contributed by atoms with Gasteiger partial charge in [-0.05, 0) is 49.9 Å². The molecule has 0 saturated heterocycles. The lowest BCUT2D eigenvalue weighted by Gasteiger charge is -2.25. The summed E-state index contributed by atoms with van der Waals surface area (Å²) in [7, 11) is 0. The molecule has 22 heavy (non-hydrogen) atoms. The Bertz CT molecular complexity index is 672. The Morgan fingerprint density at radius 1 is 0.773 bits per heavy atom.